The summed E-state index contributed by atoms with van der Waals surface area (Å²) >= 11 is 1.65. The Balaban J connectivity index is 2.33. The average Bonchev–Trinajstić information content (AvgIpc) is 2.92. The second-order valence-electron chi connectivity index (χ2n) is 5.85. The number of hydrogen-bond donors (Lipinski definition) is 0. The van der Waals surface area contributed by atoms with E-state index in [9.17, 15) is 8.42 Å². The van der Waals surface area contributed by atoms with Gasteiger partial charge in [-0.2, -0.15) is 4.31 Å². The van der Waals surface area contributed by atoms with Gasteiger partial charge in [0.05, 0.1) is 4.90 Å². The second kappa shape index (κ2) is 7.20. The van der Waals surface area contributed by atoms with Gasteiger partial charge in [-0.1, -0.05) is 37.6 Å². The van der Waals surface area contributed by atoms with Gasteiger partial charge < -0.3 is 0 Å². The lowest BCUT2D eigenvalue weighted by molar-refractivity contribution is 0.340. The van der Waals surface area contributed by atoms with E-state index in [0.717, 1.165) is 29.7 Å². The third kappa shape index (κ3) is 3.42. The lowest BCUT2D eigenvalue weighted by Crippen LogP contribution is -2.38. The van der Waals surface area contributed by atoms with E-state index in [1.807, 2.05) is 25.3 Å². The van der Waals surface area contributed by atoms with Crippen LogP contribution in [-0.4, -0.2) is 31.6 Å². The summed E-state index contributed by atoms with van der Waals surface area (Å²) in [6.07, 6.45) is 4.75. The van der Waals surface area contributed by atoms with Gasteiger partial charge in [-0.15, -0.1) is 11.8 Å². The molecule has 1 aromatic carbocycles. The summed E-state index contributed by atoms with van der Waals surface area (Å²) in [5, 5.41) is 0. The van der Waals surface area contributed by atoms with Crippen molar-refractivity contribution in [2.75, 3.05) is 12.8 Å². The highest BCUT2D eigenvalue weighted by Gasteiger charge is 2.41. The van der Waals surface area contributed by atoms with Gasteiger partial charge in [0.25, 0.3) is 0 Å². The summed E-state index contributed by atoms with van der Waals surface area (Å²) in [5.41, 5.74) is 1.07. The molecule has 22 heavy (non-hydrogen) atoms. The molecule has 0 N–H and O–H groups in total. The number of benzene rings is 1. The molecule has 1 heterocycles. The van der Waals surface area contributed by atoms with E-state index >= 15 is 0 Å². The van der Waals surface area contributed by atoms with Crippen LogP contribution in [0.15, 0.2) is 40.6 Å². The SMILES string of the molecule is C=C(SC)[C@@H]1CCN(S(=O)(=O)c2ccc(C)cc2)[C@H]1CCC. The molecule has 122 valence electrons. The van der Waals surface area contributed by atoms with Crippen LogP contribution in [-0.2, 0) is 10.0 Å². The fourth-order valence-electron chi connectivity index (χ4n) is 3.14. The third-order valence-electron chi connectivity index (χ3n) is 4.38. The van der Waals surface area contributed by atoms with E-state index < -0.39 is 10.0 Å². The van der Waals surface area contributed by atoms with Crippen molar-refractivity contribution in [3.8, 4) is 0 Å². The largest absolute Gasteiger partial charge is 0.243 e. The summed E-state index contributed by atoms with van der Waals surface area (Å²) in [4.78, 5) is 1.50. The maximum Gasteiger partial charge on any atom is 0.243 e. The molecule has 0 amide bonds. The van der Waals surface area contributed by atoms with E-state index in [1.165, 1.54) is 0 Å². The molecule has 3 nitrogen and oxygen atoms in total. The van der Waals surface area contributed by atoms with E-state index in [1.54, 1.807) is 28.2 Å². The van der Waals surface area contributed by atoms with Crippen molar-refractivity contribution < 1.29 is 8.42 Å². The van der Waals surface area contributed by atoms with E-state index in [0.29, 0.717) is 11.4 Å². The van der Waals surface area contributed by atoms with Gasteiger partial charge in [-0.3, -0.25) is 0 Å². The zero-order chi connectivity index (χ0) is 16.3. The molecule has 0 spiro atoms. The van der Waals surface area contributed by atoms with Gasteiger partial charge in [-0.25, -0.2) is 8.42 Å². The number of rotatable bonds is 6. The minimum Gasteiger partial charge on any atom is -0.207 e. The summed E-state index contributed by atoms with van der Waals surface area (Å²) in [7, 11) is -3.42. The van der Waals surface area contributed by atoms with Crippen molar-refractivity contribution in [3.63, 3.8) is 0 Å². The molecular weight excluding hydrogens is 314 g/mol. The predicted molar refractivity (Wildman–Crippen MR) is 94.5 cm³/mol. The van der Waals surface area contributed by atoms with Crippen molar-refractivity contribution in [1.82, 2.24) is 4.31 Å². The molecule has 2 rings (SSSR count). The quantitative estimate of drug-likeness (QED) is 0.784. The normalized spacial score (nSPS) is 22.9. The van der Waals surface area contributed by atoms with E-state index in [-0.39, 0.29) is 12.0 Å². The predicted octanol–water partition coefficient (Wildman–Crippen LogP) is 4.05. The van der Waals surface area contributed by atoms with Crippen molar-refractivity contribution in [3.05, 3.63) is 41.3 Å². The maximum absolute atomic E-state index is 13.0. The molecule has 2 atom stereocenters. The first-order valence-electron chi connectivity index (χ1n) is 7.73. The van der Waals surface area contributed by atoms with Crippen LogP contribution in [0, 0.1) is 12.8 Å². The van der Waals surface area contributed by atoms with Gasteiger partial charge in [0.2, 0.25) is 10.0 Å². The third-order valence-corrected chi connectivity index (χ3v) is 7.15. The van der Waals surface area contributed by atoms with Gasteiger partial charge >= 0.3 is 0 Å². The molecule has 1 fully saturated rings. The fraction of sp³-hybridized carbons (Fsp3) is 0.529. The summed E-state index contributed by atoms with van der Waals surface area (Å²) in [6, 6.07) is 7.18. The summed E-state index contributed by atoms with van der Waals surface area (Å²) < 4.78 is 27.7. The van der Waals surface area contributed by atoms with E-state index in [2.05, 4.69) is 13.5 Å². The second-order valence-corrected chi connectivity index (χ2v) is 8.67. The van der Waals surface area contributed by atoms with Crippen LogP contribution < -0.4 is 0 Å². The Hall–Kier alpha value is -0.780. The molecule has 1 aliphatic rings. The van der Waals surface area contributed by atoms with Crippen molar-refractivity contribution in [1.29, 1.82) is 0 Å². The molecule has 0 bridgehead atoms. The Morgan fingerprint density at radius 2 is 2.00 bits per heavy atom. The highest BCUT2D eigenvalue weighted by Crippen LogP contribution is 2.39. The average molecular weight is 340 g/mol. The lowest BCUT2D eigenvalue weighted by Gasteiger charge is -2.28. The minimum absolute atomic E-state index is 0.0382. The molecule has 0 aliphatic carbocycles. The van der Waals surface area contributed by atoms with Gasteiger partial charge in [0.15, 0.2) is 0 Å². The van der Waals surface area contributed by atoms with Crippen molar-refractivity contribution >= 4 is 21.8 Å². The van der Waals surface area contributed by atoms with Crippen LogP contribution in [0.5, 0.6) is 0 Å². The highest BCUT2D eigenvalue weighted by atomic mass is 32.2. The van der Waals surface area contributed by atoms with Crippen molar-refractivity contribution in [2.45, 2.75) is 44.0 Å². The summed E-state index contributed by atoms with van der Waals surface area (Å²) in [5.74, 6) is 0.259. The van der Waals surface area contributed by atoms with Gasteiger partial charge in [0, 0.05) is 18.5 Å². The van der Waals surface area contributed by atoms with Crippen LogP contribution >= 0.6 is 11.8 Å². The number of nitrogens with zero attached hydrogens (tertiary/aromatic N) is 1. The van der Waals surface area contributed by atoms with Crippen LogP contribution in [0.1, 0.15) is 31.7 Å². The fourth-order valence-corrected chi connectivity index (χ4v) is 5.42. The standard InChI is InChI=1S/C17H25NO2S2/c1-5-6-17-16(14(3)21-4)11-12-18(17)22(19,20)15-9-7-13(2)8-10-15/h7-10,16-17H,3,5-6,11-12H2,1-2,4H3/t16-,17-/m0/s1. The molecule has 0 unspecified atom stereocenters. The monoisotopic (exact) mass is 339 g/mol. The zero-order valence-electron chi connectivity index (χ0n) is 13.6. The van der Waals surface area contributed by atoms with Crippen LogP contribution in [0.4, 0.5) is 0 Å². The number of thioether (sulfide) groups is 1. The minimum atomic E-state index is -3.42. The number of hydrogen-bond acceptors (Lipinski definition) is 3. The Bertz CT molecular complexity index is 623. The van der Waals surface area contributed by atoms with Crippen LogP contribution in [0.2, 0.25) is 0 Å². The van der Waals surface area contributed by atoms with Crippen LogP contribution in [0.3, 0.4) is 0 Å². The molecule has 1 aromatic rings. The molecule has 1 aliphatic heterocycles. The molecule has 0 saturated carbocycles. The van der Waals surface area contributed by atoms with Crippen LogP contribution in [0.25, 0.3) is 0 Å². The Morgan fingerprint density at radius 1 is 1.36 bits per heavy atom. The zero-order valence-corrected chi connectivity index (χ0v) is 15.2. The molecule has 0 aromatic heterocycles. The highest BCUT2D eigenvalue weighted by molar-refractivity contribution is 8.02. The Labute approximate surface area is 138 Å². The molecular formula is C17H25NO2S2. The molecule has 5 heteroatoms. The first-order valence-corrected chi connectivity index (χ1v) is 10.4. The van der Waals surface area contributed by atoms with Gasteiger partial charge in [0.1, 0.15) is 0 Å². The molecule has 0 radical (unpaired) electrons. The number of aryl methyl sites for hydroxylation is 1. The van der Waals surface area contributed by atoms with Gasteiger partial charge in [-0.05, 0) is 43.1 Å². The van der Waals surface area contributed by atoms with Crippen molar-refractivity contribution in [2.24, 2.45) is 5.92 Å². The Kier molecular flexibility index (Phi) is 5.75. The lowest BCUT2D eigenvalue weighted by atomic mass is 9.97. The first-order chi connectivity index (χ1) is 10.4. The topological polar surface area (TPSA) is 37.4 Å². The maximum atomic E-state index is 13.0. The molecule has 1 saturated heterocycles. The smallest absolute Gasteiger partial charge is 0.207 e. The van der Waals surface area contributed by atoms with E-state index in [4.69, 9.17) is 0 Å². The number of sulfonamides is 1. The Morgan fingerprint density at radius 3 is 2.55 bits per heavy atom. The first kappa shape index (κ1) is 17.6. The summed E-state index contributed by atoms with van der Waals surface area (Å²) in [6.45, 7) is 8.79.